The Morgan fingerprint density at radius 2 is 1.74 bits per heavy atom. The zero-order chi connectivity index (χ0) is 27.4. The van der Waals surface area contributed by atoms with Crippen LogP contribution in [-0.4, -0.2) is 25.0 Å². The molecule has 38 heavy (non-hydrogen) atoms. The third-order valence-corrected chi connectivity index (χ3v) is 6.43. The second-order valence-corrected chi connectivity index (χ2v) is 9.45. The van der Waals surface area contributed by atoms with E-state index in [1.54, 1.807) is 54.6 Å². The van der Waals surface area contributed by atoms with E-state index in [4.69, 9.17) is 44.3 Å². The van der Waals surface area contributed by atoms with E-state index in [2.05, 4.69) is 11.9 Å². The number of nitrogens with zero attached hydrogens (tertiary/aromatic N) is 1. The Morgan fingerprint density at radius 1 is 0.974 bits per heavy atom. The fourth-order valence-electron chi connectivity index (χ4n) is 3.85. The van der Waals surface area contributed by atoms with Crippen LogP contribution in [0.4, 0.5) is 10.5 Å². The number of imide groups is 2. The molecule has 7 nitrogen and oxygen atoms in total. The van der Waals surface area contributed by atoms with Crippen molar-refractivity contribution < 1.29 is 23.9 Å². The number of ether oxygens (including phenoxy) is 2. The van der Waals surface area contributed by atoms with Crippen LogP contribution >= 0.6 is 34.8 Å². The first kappa shape index (κ1) is 27.3. The van der Waals surface area contributed by atoms with E-state index < -0.39 is 17.8 Å². The molecule has 0 unspecified atom stereocenters. The number of allylic oxidation sites excluding steroid dienone is 1. The minimum Gasteiger partial charge on any atom is -0.493 e. The summed E-state index contributed by atoms with van der Waals surface area (Å²) in [6.07, 6.45) is 3.48. The molecule has 10 heteroatoms. The van der Waals surface area contributed by atoms with Gasteiger partial charge in [-0.05, 0) is 60.5 Å². The summed E-state index contributed by atoms with van der Waals surface area (Å²) in [5.74, 6) is -0.786. The number of halogens is 3. The summed E-state index contributed by atoms with van der Waals surface area (Å²) in [4.78, 5) is 39.2. The first-order valence-electron chi connectivity index (χ1n) is 11.3. The Bertz CT molecular complexity index is 1490. The van der Waals surface area contributed by atoms with Crippen molar-refractivity contribution in [3.05, 3.63) is 105 Å². The summed E-state index contributed by atoms with van der Waals surface area (Å²) in [6, 6.07) is 13.8. The average molecular weight is 572 g/mol. The molecule has 4 amide bonds. The van der Waals surface area contributed by atoms with Crippen LogP contribution in [0.5, 0.6) is 11.5 Å². The molecule has 194 valence electrons. The lowest BCUT2D eigenvalue weighted by atomic mass is 10.0. The van der Waals surface area contributed by atoms with E-state index in [9.17, 15) is 14.4 Å². The summed E-state index contributed by atoms with van der Waals surface area (Å²) in [5.41, 5.74) is 1.90. The van der Waals surface area contributed by atoms with Crippen molar-refractivity contribution in [2.75, 3.05) is 12.0 Å². The maximum absolute atomic E-state index is 13.2. The van der Waals surface area contributed by atoms with Gasteiger partial charge in [-0.1, -0.05) is 53.0 Å². The summed E-state index contributed by atoms with van der Waals surface area (Å²) in [5, 5.41) is 3.50. The van der Waals surface area contributed by atoms with Crippen LogP contribution in [0.2, 0.25) is 15.1 Å². The number of amides is 4. The SMILES string of the molecule is C=CCc1cc(/C=C2\C(=O)NC(=O)N(c3cccc(Cl)c3)C2=O)cc(OC)c1OCc1ccc(Cl)cc1Cl. The van der Waals surface area contributed by atoms with Gasteiger partial charge in [0.05, 0.1) is 12.8 Å². The second kappa shape index (κ2) is 11.7. The minimum absolute atomic E-state index is 0.147. The number of carbonyl (C=O) groups excluding carboxylic acids is 3. The van der Waals surface area contributed by atoms with E-state index >= 15 is 0 Å². The second-order valence-electron chi connectivity index (χ2n) is 8.17. The van der Waals surface area contributed by atoms with Crippen molar-refractivity contribution in [1.29, 1.82) is 0 Å². The predicted molar refractivity (Wildman–Crippen MR) is 148 cm³/mol. The number of hydrogen-bond donors (Lipinski definition) is 1. The normalized spacial score (nSPS) is 14.5. The van der Waals surface area contributed by atoms with Crippen LogP contribution in [-0.2, 0) is 22.6 Å². The standard InChI is InChI=1S/C28H21Cl3N2O5/c1-3-5-17-10-16(12-24(37-2)25(17)38-15-18-8-9-20(30)14-23(18)31)11-22-26(34)32-28(36)33(27(22)35)21-7-4-6-19(29)13-21/h3-4,6-14H,1,5,15H2,2H3,(H,32,34,36)/b22-11+. The van der Waals surface area contributed by atoms with Gasteiger partial charge in [0.2, 0.25) is 0 Å². The van der Waals surface area contributed by atoms with Crippen LogP contribution in [0.15, 0.2) is 72.8 Å². The van der Waals surface area contributed by atoms with Gasteiger partial charge in [-0.15, -0.1) is 6.58 Å². The van der Waals surface area contributed by atoms with E-state index in [0.717, 1.165) is 10.5 Å². The number of urea groups is 1. The smallest absolute Gasteiger partial charge is 0.335 e. The molecule has 0 saturated carbocycles. The van der Waals surface area contributed by atoms with E-state index in [1.165, 1.54) is 19.3 Å². The molecule has 0 atom stereocenters. The van der Waals surface area contributed by atoms with E-state index in [0.29, 0.717) is 44.1 Å². The van der Waals surface area contributed by atoms with Crippen molar-refractivity contribution in [2.45, 2.75) is 13.0 Å². The first-order valence-corrected chi connectivity index (χ1v) is 12.4. The molecule has 1 N–H and O–H groups in total. The van der Waals surface area contributed by atoms with E-state index in [-0.39, 0.29) is 17.9 Å². The first-order chi connectivity index (χ1) is 18.2. The predicted octanol–water partition coefficient (Wildman–Crippen LogP) is 6.63. The van der Waals surface area contributed by atoms with Crippen LogP contribution in [0.25, 0.3) is 6.08 Å². The molecule has 3 aromatic rings. The number of carbonyl (C=O) groups is 3. The van der Waals surface area contributed by atoms with Crippen LogP contribution in [0, 0.1) is 0 Å². The van der Waals surface area contributed by atoms with Crippen LogP contribution < -0.4 is 19.7 Å². The van der Waals surface area contributed by atoms with Crippen molar-refractivity contribution in [3.8, 4) is 11.5 Å². The zero-order valence-corrected chi connectivity index (χ0v) is 22.4. The molecule has 3 aromatic carbocycles. The summed E-state index contributed by atoms with van der Waals surface area (Å²) >= 11 is 18.3. The van der Waals surface area contributed by atoms with Gasteiger partial charge in [-0.25, -0.2) is 9.69 Å². The maximum atomic E-state index is 13.2. The van der Waals surface area contributed by atoms with Gasteiger partial charge in [0.1, 0.15) is 12.2 Å². The molecule has 1 aliphatic heterocycles. The van der Waals surface area contributed by atoms with E-state index in [1.807, 2.05) is 0 Å². The van der Waals surface area contributed by atoms with Crippen LogP contribution in [0.1, 0.15) is 16.7 Å². The highest BCUT2D eigenvalue weighted by molar-refractivity contribution is 6.39. The topological polar surface area (TPSA) is 84.9 Å². The monoisotopic (exact) mass is 570 g/mol. The highest BCUT2D eigenvalue weighted by atomic mass is 35.5. The van der Waals surface area contributed by atoms with Crippen molar-refractivity contribution >= 4 is 64.4 Å². The number of rotatable bonds is 8. The summed E-state index contributed by atoms with van der Waals surface area (Å²) in [6.45, 7) is 3.95. The van der Waals surface area contributed by atoms with Gasteiger partial charge in [0.15, 0.2) is 11.5 Å². The Balaban J connectivity index is 1.70. The molecular formula is C28H21Cl3N2O5. The maximum Gasteiger partial charge on any atom is 0.335 e. The Labute approximate surface area is 234 Å². The largest absolute Gasteiger partial charge is 0.493 e. The minimum atomic E-state index is -0.867. The third kappa shape index (κ3) is 5.86. The highest BCUT2D eigenvalue weighted by Gasteiger charge is 2.37. The Morgan fingerprint density at radius 3 is 2.42 bits per heavy atom. The van der Waals surface area contributed by atoms with Gasteiger partial charge in [-0.3, -0.25) is 14.9 Å². The lowest BCUT2D eigenvalue weighted by Gasteiger charge is -2.26. The van der Waals surface area contributed by atoms with Crippen molar-refractivity contribution in [3.63, 3.8) is 0 Å². The number of methoxy groups -OCH3 is 1. The average Bonchev–Trinajstić information content (AvgIpc) is 2.86. The zero-order valence-electron chi connectivity index (χ0n) is 20.1. The van der Waals surface area contributed by atoms with Gasteiger partial charge < -0.3 is 9.47 Å². The Kier molecular flexibility index (Phi) is 8.42. The lowest BCUT2D eigenvalue weighted by Crippen LogP contribution is -2.54. The number of hydrogen-bond acceptors (Lipinski definition) is 5. The summed E-state index contributed by atoms with van der Waals surface area (Å²) in [7, 11) is 1.48. The van der Waals surface area contributed by atoms with Crippen molar-refractivity contribution in [2.24, 2.45) is 0 Å². The molecule has 0 bridgehead atoms. The third-order valence-electron chi connectivity index (χ3n) is 5.60. The highest BCUT2D eigenvalue weighted by Crippen LogP contribution is 2.36. The number of barbiturate groups is 1. The van der Waals surface area contributed by atoms with Gasteiger partial charge in [-0.2, -0.15) is 0 Å². The molecule has 0 radical (unpaired) electrons. The number of benzene rings is 3. The van der Waals surface area contributed by atoms with Gasteiger partial charge in [0.25, 0.3) is 11.8 Å². The quantitative estimate of drug-likeness (QED) is 0.186. The molecule has 1 fully saturated rings. The van der Waals surface area contributed by atoms with Crippen molar-refractivity contribution in [1.82, 2.24) is 5.32 Å². The molecule has 1 saturated heterocycles. The number of anilines is 1. The lowest BCUT2D eigenvalue weighted by molar-refractivity contribution is -0.122. The van der Waals surface area contributed by atoms with Gasteiger partial charge >= 0.3 is 6.03 Å². The Hall–Kier alpha value is -3.78. The fourth-order valence-corrected chi connectivity index (χ4v) is 4.50. The molecule has 1 heterocycles. The molecular weight excluding hydrogens is 551 g/mol. The molecule has 0 aromatic heterocycles. The number of nitrogens with one attached hydrogen (secondary N) is 1. The molecule has 0 spiro atoms. The van der Waals surface area contributed by atoms with Crippen LogP contribution in [0.3, 0.4) is 0 Å². The molecule has 4 rings (SSSR count). The van der Waals surface area contributed by atoms with Gasteiger partial charge in [0, 0.05) is 26.2 Å². The fraction of sp³-hybridized carbons (Fsp3) is 0.107. The molecule has 0 aliphatic carbocycles. The molecule has 1 aliphatic rings. The summed E-state index contributed by atoms with van der Waals surface area (Å²) < 4.78 is 11.6.